The van der Waals surface area contributed by atoms with Gasteiger partial charge in [-0.25, -0.2) is 4.39 Å². The van der Waals surface area contributed by atoms with E-state index in [2.05, 4.69) is 36.2 Å². The molecule has 4 rings (SSSR count). The maximum atomic E-state index is 13.3. The summed E-state index contributed by atoms with van der Waals surface area (Å²) in [4.78, 5) is 26.4. The van der Waals surface area contributed by atoms with E-state index in [1.165, 1.54) is 31.4 Å². The summed E-state index contributed by atoms with van der Waals surface area (Å²) in [6.07, 6.45) is 5.73. The minimum Gasteiger partial charge on any atom is -0.378 e. The maximum Gasteiger partial charge on any atom is 0.251 e. The van der Waals surface area contributed by atoms with Crippen LogP contribution in [0.5, 0.6) is 0 Å². The lowest BCUT2D eigenvalue weighted by molar-refractivity contribution is 0.0511. The van der Waals surface area contributed by atoms with Crippen molar-refractivity contribution < 1.29 is 18.7 Å². The number of rotatable bonds is 16. The fourth-order valence-electron chi connectivity index (χ4n) is 4.40. The highest BCUT2D eigenvalue weighted by Gasteiger charge is 2.16. The van der Waals surface area contributed by atoms with Crippen LogP contribution in [0.25, 0.3) is 0 Å². The second kappa shape index (κ2) is 16.4. The van der Waals surface area contributed by atoms with Crippen LogP contribution in [0.2, 0.25) is 0 Å². The van der Waals surface area contributed by atoms with Crippen molar-refractivity contribution in [3.05, 3.63) is 65.5 Å². The van der Waals surface area contributed by atoms with E-state index in [0.717, 1.165) is 18.4 Å². The summed E-state index contributed by atoms with van der Waals surface area (Å²) in [5.74, 6) is 0.690. The van der Waals surface area contributed by atoms with Gasteiger partial charge in [-0.2, -0.15) is 15.0 Å². The molecular formula is C29H39FN8O3. The van der Waals surface area contributed by atoms with E-state index in [9.17, 15) is 9.18 Å². The van der Waals surface area contributed by atoms with Gasteiger partial charge in [-0.05, 0) is 48.7 Å². The highest BCUT2D eigenvalue weighted by atomic mass is 19.1. The molecule has 6 N–H and O–H groups in total. The van der Waals surface area contributed by atoms with Gasteiger partial charge in [0.25, 0.3) is 5.91 Å². The van der Waals surface area contributed by atoms with Gasteiger partial charge in [0.15, 0.2) is 0 Å². The number of ether oxygens (including phenoxy) is 2. The fourth-order valence-corrected chi connectivity index (χ4v) is 4.40. The average molecular weight is 567 g/mol. The number of hydrogen-bond donors (Lipinski definition) is 5. The van der Waals surface area contributed by atoms with E-state index in [-0.39, 0.29) is 11.7 Å². The molecule has 1 amide bonds. The van der Waals surface area contributed by atoms with E-state index in [1.807, 2.05) is 6.07 Å². The maximum absolute atomic E-state index is 13.3. The van der Waals surface area contributed by atoms with Crippen LogP contribution in [-0.4, -0.2) is 66.4 Å². The third-order valence-corrected chi connectivity index (χ3v) is 6.48. The lowest BCUT2D eigenvalue weighted by atomic mass is 9.96. The van der Waals surface area contributed by atoms with E-state index < -0.39 is 0 Å². The summed E-state index contributed by atoms with van der Waals surface area (Å²) in [6, 6.07) is 13.7. The van der Waals surface area contributed by atoms with Crippen LogP contribution in [-0.2, 0) is 16.0 Å². The molecule has 0 unspecified atom stereocenters. The Labute approximate surface area is 239 Å². The molecule has 0 spiro atoms. The van der Waals surface area contributed by atoms with Crippen molar-refractivity contribution in [2.45, 2.75) is 44.7 Å². The van der Waals surface area contributed by atoms with Crippen LogP contribution in [0.1, 0.15) is 48.0 Å². The monoisotopic (exact) mass is 566 g/mol. The molecule has 0 bridgehead atoms. The molecule has 1 heterocycles. The molecule has 0 aliphatic heterocycles. The smallest absolute Gasteiger partial charge is 0.251 e. The summed E-state index contributed by atoms with van der Waals surface area (Å²) in [6.45, 7) is 3.07. The molecule has 1 aliphatic rings. The lowest BCUT2D eigenvalue weighted by Crippen LogP contribution is -2.27. The Kier molecular flexibility index (Phi) is 12.0. The Hall–Kier alpha value is -3.87. The van der Waals surface area contributed by atoms with E-state index in [1.54, 1.807) is 30.3 Å². The van der Waals surface area contributed by atoms with Gasteiger partial charge >= 0.3 is 0 Å². The third-order valence-electron chi connectivity index (χ3n) is 6.48. The average Bonchev–Trinajstić information content (AvgIpc) is 2.99. The zero-order valence-corrected chi connectivity index (χ0v) is 23.2. The number of aromatic nitrogens is 3. The third kappa shape index (κ3) is 10.6. The zero-order chi connectivity index (χ0) is 28.7. The topological polar surface area (TPSA) is 148 Å². The number of nitrogens with two attached hydrogens (primary N) is 1. The Morgan fingerprint density at radius 1 is 0.902 bits per heavy atom. The number of nitrogens with one attached hydrogen (secondary N) is 4. The van der Waals surface area contributed by atoms with Crippen LogP contribution in [0.4, 0.5) is 27.9 Å². The number of anilines is 4. The number of hydrogen-bond acceptors (Lipinski definition) is 10. The van der Waals surface area contributed by atoms with Crippen LogP contribution in [0, 0.1) is 5.82 Å². The summed E-state index contributed by atoms with van der Waals surface area (Å²) >= 11 is 0. The Balaban J connectivity index is 1.37. The van der Waals surface area contributed by atoms with Gasteiger partial charge in [0.05, 0.1) is 26.4 Å². The molecule has 2 aromatic carbocycles. The summed E-state index contributed by atoms with van der Waals surface area (Å²) in [5, 5.41) is 12.7. The molecule has 3 aromatic rings. The van der Waals surface area contributed by atoms with Gasteiger partial charge in [0, 0.05) is 36.9 Å². The number of carbonyl (C=O) groups excluding carboxylic acids is 1. The quantitative estimate of drug-likeness (QED) is 0.162. The molecule has 1 saturated carbocycles. The Morgan fingerprint density at radius 3 is 2.41 bits per heavy atom. The van der Waals surface area contributed by atoms with Crippen LogP contribution in [0.3, 0.4) is 0 Å². The highest BCUT2D eigenvalue weighted by Crippen LogP contribution is 2.22. The fraction of sp³-hybridized carbons (Fsp3) is 0.448. The van der Waals surface area contributed by atoms with Crippen molar-refractivity contribution >= 4 is 29.4 Å². The molecule has 220 valence electrons. The standard InChI is InChI=1S/C29H39FN8O3/c30-23-11-9-21(10-12-23)20-33-27-36-28(34-24-6-2-1-3-7-24)38-29(37-27)35-25-8-4-5-22(19-25)26(39)32-14-16-41-18-17-40-15-13-31/h4-5,8-12,19,24H,1-3,6-7,13-18,20,31H2,(H,32,39)(H3,33,34,35,36,37,38). The van der Waals surface area contributed by atoms with Crippen molar-refractivity contribution in [1.29, 1.82) is 0 Å². The van der Waals surface area contributed by atoms with E-state index >= 15 is 0 Å². The van der Waals surface area contributed by atoms with E-state index in [0.29, 0.717) is 81.2 Å². The van der Waals surface area contributed by atoms with Crippen LogP contribution < -0.4 is 27.0 Å². The first kappa shape index (κ1) is 30.1. The predicted octanol–water partition coefficient (Wildman–Crippen LogP) is 3.83. The van der Waals surface area contributed by atoms with Gasteiger partial charge in [-0.1, -0.05) is 37.5 Å². The predicted molar refractivity (Wildman–Crippen MR) is 157 cm³/mol. The van der Waals surface area contributed by atoms with Crippen molar-refractivity contribution in [2.24, 2.45) is 5.73 Å². The number of halogens is 1. The van der Waals surface area contributed by atoms with E-state index in [4.69, 9.17) is 15.2 Å². The SMILES string of the molecule is NCCOCCOCCNC(=O)c1cccc(Nc2nc(NCc3ccc(F)cc3)nc(NC3CCCCC3)n2)c1. The molecule has 1 fully saturated rings. The largest absolute Gasteiger partial charge is 0.378 e. The molecule has 1 aliphatic carbocycles. The number of carbonyl (C=O) groups is 1. The van der Waals surface area contributed by atoms with Gasteiger partial charge in [0.1, 0.15) is 5.82 Å². The van der Waals surface area contributed by atoms with Crippen molar-refractivity contribution in [3.8, 4) is 0 Å². The van der Waals surface area contributed by atoms with Gasteiger partial charge in [-0.15, -0.1) is 0 Å². The second-order valence-corrected chi connectivity index (χ2v) is 9.74. The molecule has 12 heteroatoms. The van der Waals surface area contributed by atoms with Crippen LogP contribution >= 0.6 is 0 Å². The number of benzene rings is 2. The highest BCUT2D eigenvalue weighted by molar-refractivity contribution is 5.95. The lowest BCUT2D eigenvalue weighted by Gasteiger charge is -2.23. The number of amides is 1. The Morgan fingerprint density at radius 2 is 1.63 bits per heavy atom. The normalized spacial score (nSPS) is 13.5. The van der Waals surface area contributed by atoms with Gasteiger partial charge in [0.2, 0.25) is 17.8 Å². The minimum absolute atomic E-state index is 0.214. The van der Waals surface area contributed by atoms with Crippen LogP contribution in [0.15, 0.2) is 48.5 Å². The molecule has 41 heavy (non-hydrogen) atoms. The zero-order valence-electron chi connectivity index (χ0n) is 23.2. The minimum atomic E-state index is -0.284. The number of nitrogens with zero attached hydrogens (tertiary/aromatic N) is 3. The van der Waals surface area contributed by atoms with Gasteiger partial charge in [-0.3, -0.25) is 4.79 Å². The molecule has 0 radical (unpaired) electrons. The summed E-state index contributed by atoms with van der Waals surface area (Å²) in [7, 11) is 0. The second-order valence-electron chi connectivity index (χ2n) is 9.74. The molecule has 1 aromatic heterocycles. The molecular weight excluding hydrogens is 527 g/mol. The summed E-state index contributed by atoms with van der Waals surface area (Å²) in [5.41, 5.74) is 7.42. The first-order valence-corrected chi connectivity index (χ1v) is 14.1. The summed E-state index contributed by atoms with van der Waals surface area (Å²) < 4.78 is 24.0. The van der Waals surface area contributed by atoms with Crippen molar-refractivity contribution in [3.63, 3.8) is 0 Å². The first-order chi connectivity index (χ1) is 20.1. The molecule has 0 saturated heterocycles. The van der Waals surface area contributed by atoms with Gasteiger partial charge < -0.3 is 36.5 Å². The first-order valence-electron chi connectivity index (χ1n) is 14.1. The van der Waals surface area contributed by atoms with Crippen molar-refractivity contribution in [1.82, 2.24) is 20.3 Å². The molecule has 11 nitrogen and oxygen atoms in total. The Bertz CT molecular complexity index is 1220. The van der Waals surface area contributed by atoms with Crippen molar-refractivity contribution in [2.75, 3.05) is 55.5 Å². The molecule has 0 atom stereocenters.